The molecular weight excluding hydrogens is 385 g/mol. The van der Waals surface area contributed by atoms with Crippen molar-refractivity contribution in [3.8, 4) is 0 Å². The van der Waals surface area contributed by atoms with Gasteiger partial charge in [0.25, 0.3) is 11.5 Å². The predicted octanol–water partition coefficient (Wildman–Crippen LogP) is 2.51. The fourth-order valence-corrected chi connectivity index (χ4v) is 3.87. The first-order chi connectivity index (χ1) is 14.6. The minimum atomic E-state index is -0.554. The molecule has 0 saturated heterocycles. The van der Waals surface area contributed by atoms with E-state index in [9.17, 15) is 14.0 Å². The Morgan fingerprint density at radius 2 is 1.97 bits per heavy atom. The Morgan fingerprint density at radius 1 is 1.13 bits per heavy atom. The van der Waals surface area contributed by atoms with Crippen LogP contribution in [-0.4, -0.2) is 37.1 Å². The van der Waals surface area contributed by atoms with Crippen molar-refractivity contribution < 1.29 is 9.18 Å². The van der Waals surface area contributed by atoms with Crippen molar-refractivity contribution >= 4 is 16.7 Å². The van der Waals surface area contributed by atoms with Gasteiger partial charge in [-0.2, -0.15) is 5.10 Å². The Kier molecular flexibility index (Phi) is 4.39. The number of aromatic nitrogens is 4. The van der Waals surface area contributed by atoms with Gasteiger partial charge in [-0.15, -0.1) is 0 Å². The standard InChI is InChI=1S/C22H18FN5O2/c23-19-6-5-14(10-20-16-3-1-2-4-17(16)21(29)26-25-20)9-18(19)22(30)27-7-8-28-13-24-11-15(28)12-27/h1-6,9,11,13H,7-8,10,12H2,(H,26,29). The molecule has 5 rings (SSSR count). The molecule has 150 valence electrons. The molecule has 0 fully saturated rings. The third-order valence-electron chi connectivity index (χ3n) is 5.46. The van der Waals surface area contributed by atoms with E-state index in [-0.39, 0.29) is 17.0 Å². The highest BCUT2D eigenvalue weighted by molar-refractivity contribution is 5.94. The van der Waals surface area contributed by atoms with Crippen LogP contribution in [0.5, 0.6) is 0 Å². The van der Waals surface area contributed by atoms with E-state index in [1.807, 2.05) is 16.7 Å². The molecule has 1 amide bonds. The number of hydrogen-bond acceptors (Lipinski definition) is 4. The maximum atomic E-state index is 14.5. The zero-order valence-corrected chi connectivity index (χ0v) is 16.0. The van der Waals surface area contributed by atoms with Crippen molar-refractivity contribution in [2.24, 2.45) is 0 Å². The fourth-order valence-electron chi connectivity index (χ4n) is 3.87. The van der Waals surface area contributed by atoms with E-state index in [0.29, 0.717) is 37.1 Å². The molecule has 0 aliphatic carbocycles. The van der Waals surface area contributed by atoms with Crippen LogP contribution in [0.25, 0.3) is 10.8 Å². The molecule has 0 unspecified atom stereocenters. The molecule has 4 aromatic rings. The maximum Gasteiger partial charge on any atom is 0.272 e. The molecule has 3 heterocycles. The van der Waals surface area contributed by atoms with Crippen molar-refractivity contribution in [1.82, 2.24) is 24.6 Å². The van der Waals surface area contributed by atoms with Crippen molar-refractivity contribution in [3.63, 3.8) is 0 Å². The summed E-state index contributed by atoms with van der Waals surface area (Å²) >= 11 is 0. The average molecular weight is 403 g/mol. The Morgan fingerprint density at radius 3 is 2.83 bits per heavy atom. The summed E-state index contributed by atoms with van der Waals surface area (Å²) in [4.78, 5) is 30.7. The summed E-state index contributed by atoms with van der Waals surface area (Å²) in [5, 5.41) is 7.96. The number of benzene rings is 2. The summed E-state index contributed by atoms with van der Waals surface area (Å²) in [5.41, 5.74) is 2.11. The molecule has 0 bridgehead atoms. The van der Waals surface area contributed by atoms with Gasteiger partial charge in [0.15, 0.2) is 0 Å². The lowest BCUT2D eigenvalue weighted by atomic mass is 10.0. The fraction of sp³-hybridized carbons (Fsp3) is 0.182. The Hall–Kier alpha value is -3.81. The van der Waals surface area contributed by atoms with Gasteiger partial charge in [0.1, 0.15) is 5.82 Å². The molecule has 0 spiro atoms. The topological polar surface area (TPSA) is 83.9 Å². The van der Waals surface area contributed by atoms with Crippen LogP contribution in [0.3, 0.4) is 0 Å². The van der Waals surface area contributed by atoms with Crippen LogP contribution in [-0.2, 0) is 19.5 Å². The molecule has 0 atom stereocenters. The second-order valence-corrected chi connectivity index (χ2v) is 7.34. The average Bonchev–Trinajstić information content (AvgIpc) is 3.24. The van der Waals surface area contributed by atoms with Gasteiger partial charge in [0.2, 0.25) is 0 Å². The lowest BCUT2D eigenvalue weighted by Gasteiger charge is -2.28. The van der Waals surface area contributed by atoms with Gasteiger partial charge in [-0.3, -0.25) is 9.59 Å². The number of fused-ring (bicyclic) bond motifs is 2. The van der Waals surface area contributed by atoms with E-state index in [0.717, 1.165) is 16.6 Å². The van der Waals surface area contributed by atoms with E-state index in [4.69, 9.17) is 0 Å². The molecule has 1 aliphatic heterocycles. The molecule has 1 aliphatic rings. The van der Waals surface area contributed by atoms with E-state index in [1.54, 1.807) is 41.7 Å². The number of carbonyl (C=O) groups is 1. The second kappa shape index (κ2) is 7.22. The first kappa shape index (κ1) is 18.2. The van der Waals surface area contributed by atoms with Gasteiger partial charge in [-0.05, 0) is 23.8 Å². The third-order valence-corrected chi connectivity index (χ3v) is 5.46. The summed E-state index contributed by atoms with van der Waals surface area (Å²) in [6.45, 7) is 1.53. The van der Waals surface area contributed by atoms with Gasteiger partial charge < -0.3 is 9.47 Å². The number of rotatable bonds is 3. The number of nitrogens with zero attached hydrogens (tertiary/aromatic N) is 4. The molecule has 30 heavy (non-hydrogen) atoms. The first-order valence-corrected chi connectivity index (χ1v) is 9.63. The predicted molar refractivity (Wildman–Crippen MR) is 109 cm³/mol. The number of halogens is 1. The van der Waals surface area contributed by atoms with Crippen LogP contribution in [0.4, 0.5) is 4.39 Å². The largest absolute Gasteiger partial charge is 0.331 e. The smallest absolute Gasteiger partial charge is 0.272 e. The van der Waals surface area contributed by atoms with Crippen molar-refractivity contribution in [1.29, 1.82) is 0 Å². The lowest BCUT2D eigenvalue weighted by molar-refractivity contribution is 0.0706. The normalized spacial score (nSPS) is 13.4. The van der Waals surface area contributed by atoms with E-state index < -0.39 is 5.82 Å². The summed E-state index contributed by atoms with van der Waals surface area (Å²) in [5.74, 6) is -0.900. The number of aromatic amines is 1. The zero-order chi connectivity index (χ0) is 20.7. The Labute approximate surface area is 170 Å². The highest BCUT2D eigenvalue weighted by Gasteiger charge is 2.24. The van der Waals surface area contributed by atoms with Crippen molar-refractivity contribution in [2.75, 3.05) is 6.54 Å². The van der Waals surface area contributed by atoms with E-state index in [2.05, 4.69) is 15.2 Å². The van der Waals surface area contributed by atoms with E-state index >= 15 is 0 Å². The van der Waals surface area contributed by atoms with E-state index in [1.165, 1.54) is 6.07 Å². The molecule has 0 radical (unpaired) electrons. The molecule has 8 heteroatoms. The Bertz CT molecular complexity index is 1330. The summed E-state index contributed by atoms with van der Waals surface area (Å²) in [6.07, 6.45) is 3.82. The molecule has 2 aromatic heterocycles. The molecule has 0 saturated carbocycles. The Balaban J connectivity index is 1.45. The summed E-state index contributed by atoms with van der Waals surface area (Å²) < 4.78 is 16.5. The molecule has 1 N–H and O–H groups in total. The quantitative estimate of drug-likeness (QED) is 0.570. The van der Waals surface area contributed by atoms with Crippen LogP contribution in [0.15, 0.2) is 59.8 Å². The van der Waals surface area contributed by atoms with Crippen LogP contribution >= 0.6 is 0 Å². The minimum absolute atomic E-state index is 0.0363. The van der Waals surface area contributed by atoms with Gasteiger partial charge in [0.05, 0.1) is 35.2 Å². The minimum Gasteiger partial charge on any atom is -0.331 e. The number of nitrogens with one attached hydrogen (secondary N) is 1. The highest BCUT2D eigenvalue weighted by atomic mass is 19.1. The van der Waals surface area contributed by atoms with Crippen LogP contribution in [0.2, 0.25) is 0 Å². The zero-order valence-electron chi connectivity index (χ0n) is 16.0. The maximum absolute atomic E-state index is 14.5. The van der Waals surface area contributed by atoms with Gasteiger partial charge in [-0.25, -0.2) is 14.5 Å². The molecule has 7 nitrogen and oxygen atoms in total. The van der Waals surface area contributed by atoms with Crippen LogP contribution in [0, 0.1) is 5.82 Å². The van der Waals surface area contributed by atoms with Crippen molar-refractivity contribution in [3.05, 3.63) is 93.7 Å². The number of hydrogen-bond donors (Lipinski definition) is 1. The molecule has 2 aromatic carbocycles. The number of imidazole rings is 1. The first-order valence-electron chi connectivity index (χ1n) is 9.63. The second-order valence-electron chi connectivity index (χ2n) is 7.34. The number of amides is 1. The lowest BCUT2D eigenvalue weighted by Crippen LogP contribution is -2.38. The highest BCUT2D eigenvalue weighted by Crippen LogP contribution is 2.21. The summed E-state index contributed by atoms with van der Waals surface area (Å²) in [6, 6.07) is 11.7. The van der Waals surface area contributed by atoms with Crippen LogP contribution in [0.1, 0.15) is 27.3 Å². The van der Waals surface area contributed by atoms with Gasteiger partial charge in [0, 0.05) is 31.1 Å². The van der Waals surface area contributed by atoms with Crippen molar-refractivity contribution in [2.45, 2.75) is 19.5 Å². The monoisotopic (exact) mass is 403 g/mol. The van der Waals surface area contributed by atoms with Crippen LogP contribution < -0.4 is 5.56 Å². The van der Waals surface area contributed by atoms with Gasteiger partial charge >= 0.3 is 0 Å². The van der Waals surface area contributed by atoms with Gasteiger partial charge in [-0.1, -0.05) is 24.3 Å². The number of carbonyl (C=O) groups excluding carboxylic acids is 1. The third kappa shape index (κ3) is 3.16. The molecular formula is C22H18FN5O2. The SMILES string of the molecule is O=C(c1cc(Cc2n[nH]c(=O)c3ccccc23)ccc1F)N1CCn2cncc2C1. The summed E-state index contributed by atoms with van der Waals surface area (Å²) in [7, 11) is 0. The number of H-pyrrole nitrogens is 1.